The molecule has 31 valence electrons. The highest BCUT2D eigenvalue weighted by atomic mass is 15.2. The van der Waals surface area contributed by atoms with Crippen LogP contribution in [0.4, 0.5) is 0 Å². The van der Waals surface area contributed by atoms with E-state index >= 15 is 0 Å². The largest absolute Gasteiger partial charge is 0.271 e. The fourth-order valence-corrected chi connectivity index (χ4v) is 0.118. The van der Waals surface area contributed by atoms with Crippen molar-refractivity contribution in [3.63, 3.8) is 0 Å². The maximum atomic E-state index is 4.83. The molecule has 0 aromatic rings. The molecule has 1 radical (unpaired) electrons. The summed E-state index contributed by atoms with van der Waals surface area (Å²) in [6, 6.07) is 0. The standard InChI is InChI=1S/C3H9N2/c1-2-3-5-4/h3,5H,2,4H2,1H3. The first-order valence-electron chi connectivity index (χ1n) is 1.69. The van der Waals surface area contributed by atoms with Crippen molar-refractivity contribution in [1.29, 1.82) is 0 Å². The van der Waals surface area contributed by atoms with Crippen LogP contribution in [-0.4, -0.2) is 0 Å². The number of rotatable bonds is 2. The van der Waals surface area contributed by atoms with Crippen LogP contribution in [0.25, 0.3) is 0 Å². The molecule has 0 heterocycles. The van der Waals surface area contributed by atoms with Gasteiger partial charge in [0.1, 0.15) is 0 Å². The lowest BCUT2D eigenvalue weighted by Crippen LogP contribution is -2.16. The summed E-state index contributed by atoms with van der Waals surface area (Å²) >= 11 is 0. The van der Waals surface area contributed by atoms with Crippen LogP contribution in [0.2, 0.25) is 0 Å². The van der Waals surface area contributed by atoms with Gasteiger partial charge in [0.05, 0.1) is 0 Å². The quantitative estimate of drug-likeness (QED) is 0.357. The molecule has 0 aliphatic carbocycles. The number of hydrogen-bond donors (Lipinski definition) is 2. The maximum absolute atomic E-state index is 4.83. The number of nitrogens with two attached hydrogens (primary N) is 1. The summed E-state index contributed by atoms with van der Waals surface area (Å²) in [7, 11) is 0. The summed E-state index contributed by atoms with van der Waals surface area (Å²) in [6.45, 7) is 3.79. The Labute approximate surface area is 32.3 Å². The molecule has 2 nitrogen and oxygen atoms in total. The molecule has 5 heavy (non-hydrogen) atoms. The van der Waals surface area contributed by atoms with Gasteiger partial charge in [0.2, 0.25) is 0 Å². The topological polar surface area (TPSA) is 38.0 Å². The fraction of sp³-hybridized carbons (Fsp3) is 0.667. The van der Waals surface area contributed by atoms with Crippen molar-refractivity contribution in [2.24, 2.45) is 5.84 Å². The first-order valence-corrected chi connectivity index (χ1v) is 1.69. The third kappa shape index (κ3) is 3.92. The van der Waals surface area contributed by atoms with Crippen molar-refractivity contribution in [3.8, 4) is 0 Å². The molecule has 0 fully saturated rings. The van der Waals surface area contributed by atoms with Gasteiger partial charge in [-0.1, -0.05) is 6.92 Å². The fourth-order valence-electron chi connectivity index (χ4n) is 0.118. The van der Waals surface area contributed by atoms with Gasteiger partial charge in [0.25, 0.3) is 0 Å². The normalized spacial score (nSPS) is 8.40. The average molecular weight is 73.1 g/mol. The van der Waals surface area contributed by atoms with Crippen molar-refractivity contribution in [3.05, 3.63) is 6.54 Å². The lowest BCUT2D eigenvalue weighted by molar-refractivity contribution is 0.819. The molecule has 3 N–H and O–H groups in total. The Balaban J connectivity index is 2.19. The molecule has 0 amide bonds. The van der Waals surface area contributed by atoms with E-state index in [2.05, 4.69) is 5.43 Å². The van der Waals surface area contributed by atoms with Crippen molar-refractivity contribution in [2.75, 3.05) is 0 Å². The second kappa shape index (κ2) is 3.92. The highest BCUT2D eigenvalue weighted by Crippen LogP contribution is 1.69. The summed E-state index contributed by atoms with van der Waals surface area (Å²) in [6.07, 6.45) is 0.983. The predicted octanol–water partition coefficient (Wildman–Crippen LogP) is 0.0215. The van der Waals surface area contributed by atoms with E-state index in [4.69, 9.17) is 5.84 Å². The van der Waals surface area contributed by atoms with E-state index in [-0.39, 0.29) is 0 Å². The second-order valence-electron chi connectivity index (χ2n) is 0.779. The zero-order valence-electron chi connectivity index (χ0n) is 3.36. The van der Waals surface area contributed by atoms with E-state index in [9.17, 15) is 0 Å². The van der Waals surface area contributed by atoms with Crippen molar-refractivity contribution >= 4 is 0 Å². The molecule has 0 saturated heterocycles. The SMILES string of the molecule is CC[CH]NN. The second-order valence-corrected chi connectivity index (χ2v) is 0.779. The summed E-state index contributed by atoms with van der Waals surface area (Å²) in [5.74, 6) is 4.83. The average Bonchev–Trinajstić information content (AvgIpc) is 1.41. The van der Waals surface area contributed by atoms with E-state index in [1.807, 2.05) is 6.92 Å². The van der Waals surface area contributed by atoms with Gasteiger partial charge < -0.3 is 0 Å². The molecule has 0 aromatic heterocycles. The van der Waals surface area contributed by atoms with Crippen LogP contribution < -0.4 is 11.3 Å². The van der Waals surface area contributed by atoms with Crippen molar-refractivity contribution in [1.82, 2.24) is 5.43 Å². The Morgan fingerprint density at radius 3 is 2.60 bits per heavy atom. The number of hydrazine groups is 1. The Hall–Kier alpha value is -0.0800. The van der Waals surface area contributed by atoms with Crippen LogP contribution in [0.1, 0.15) is 13.3 Å². The minimum absolute atomic E-state index is 0.983. The van der Waals surface area contributed by atoms with Gasteiger partial charge >= 0.3 is 0 Å². The van der Waals surface area contributed by atoms with Gasteiger partial charge in [0, 0.05) is 6.54 Å². The summed E-state index contributed by atoms with van der Waals surface area (Å²) in [5.41, 5.74) is 2.39. The highest BCUT2D eigenvalue weighted by Gasteiger charge is 1.66. The molecule has 0 aliphatic rings. The van der Waals surface area contributed by atoms with Crippen LogP contribution in [0, 0.1) is 6.54 Å². The summed E-state index contributed by atoms with van der Waals surface area (Å²) < 4.78 is 0. The Morgan fingerprint density at radius 1 is 2.00 bits per heavy atom. The molecular weight excluding hydrogens is 64.0 g/mol. The monoisotopic (exact) mass is 73.1 g/mol. The van der Waals surface area contributed by atoms with E-state index in [0.29, 0.717) is 0 Å². The highest BCUT2D eigenvalue weighted by molar-refractivity contribution is 4.47. The molecule has 0 aromatic carbocycles. The molecule has 0 unspecified atom stereocenters. The Morgan fingerprint density at radius 2 is 2.60 bits per heavy atom. The van der Waals surface area contributed by atoms with Crippen LogP contribution in [-0.2, 0) is 0 Å². The van der Waals surface area contributed by atoms with E-state index in [0.717, 1.165) is 6.42 Å². The third-order valence-electron chi connectivity index (χ3n) is 0.322. The van der Waals surface area contributed by atoms with Gasteiger partial charge in [0.15, 0.2) is 0 Å². The minimum atomic E-state index is 0.983. The smallest absolute Gasteiger partial charge is 0.0374 e. The molecule has 0 atom stereocenters. The van der Waals surface area contributed by atoms with Crippen molar-refractivity contribution < 1.29 is 0 Å². The number of hydrogen-bond acceptors (Lipinski definition) is 2. The van der Waals surface area contributed by atoms with Gasteiger partial charge in [-0.15, -0.1) is 0 Å². The van der Waals surface area contributed by atoms with E-state index < -0.39 is 0 Å². The Bertz CT molecular complexity index is 12.4. The van der Waals surface area contributed by atoms with E-state index in [1.54, 1.807) is 6.54 Å². The van der Waals surface area contributed by atoms with Crippen LogP contribution >= 0.6 is 0 Å². The lowest BCUT2D eigenvalue weighted by Gasteiger charge is -1.84. The molecule has 2 heteroatoms. The van der Waals surface area contributed by atoms with Gasteiger partial charge in [-0.25, -0.2) is 0 Å². The van der Waals surface area contributed by atoms with Gasteiger partial charge in [-0.3, -0.25) is 11.3 Å². The first kappa shape index (κ1) is 4.92. The van der Waals surface area contributed by atoms with Gasteiger partial charge in [-0.05, 0) is 6.42 Å². The molecule has 0 bridgehead atoms. The molecule has 0 rings (SSSR count). The maximum Gasteiger partial charge on any atom is 0.0374 e. The van der Waals surface area contributed by atoms with Crippen molar-refractivity contribution in [2.45, 2.75) is 13.3 Å². The van der Waals surface area contributed by atoms with Crippen LogP contribution in [0.3, 0.4) is 0 Å². The minimum Gasteiger partial charge on any atom is -0.271 e. The molecular formula is C3H9N2. The molecule has 0 aliphatic heterocycles. The van der Waals surface area contributed by atoms with Crippen LogP contribution in [0.5, 0.6) is 0 Å². The number of nitrogens with one attached hydrogen (secondary N) is 1. The molecule has 0 saturated carbocycles. The zero-order valence-corrected chi connectivity index (χ0v) is 3.36. The third-order valence-corrected chi connectivity index (χ3v) is 0.322. The Kier molecular flexibility index (Phi) is 3.86. The lowest BCUT2D eigenvalue weighted by atomic mass is 10.5. The summed E-state index contributed by atoms with van der Waals surface area (Å²) in [4.78, 5) is 0. The van der Waals surface area contributed by atoms with E-state index in [1.165, 1.54) is 0 Å². The predicted molar refractivity (Wildman–Crippen MR) is 21.9 cm³/mol. The molecule has 0 spiro atoms. The van der Waals surface area contributed by atoms with Crippen LogP contribution in [0.15, 0.2) is 0 Å². The zero-order chi connectivity index (χ0) is 4.12. The first-order chi connectivity index (χ1) is 2.41. The summed E-state index contributed by atoms with van der Waals surface area (Å²) in [5, 5.41) is 0. The van der Waals surface area contributed by atoms with Gasteiger partial charge in [-0.2, -0.15) is 0 Å².